The van der Waals surface area contributed by atoms with E-state index in [0.29, 0.717) is 18.8 Å². The summed E-state index contributed by atoms with van der Waals surface area (Å²) in [6.45, 7) is 4.65. The van der Waals surface area contributed by atoms with Gasteiger partial charge >= 0.3 is 0 Å². The molecule has 7 heteroatoms. The number of carbonyl (C=O) groups is 1. The van der Waals surface area contributed by atoms with Gasteiger partial charge in [-0.15, -0.1) is 0 Å². The van der Waals surface area contributed by atoms with Crippen LogP contribution in [-0.4, -0.2) is 31.8 Å². The van der Waals surface area contributed by atoms with Crippen molar-refractivity contribution in [3.05, 3.63) is 71.0 Å². The first-order valence-electron chi connectivity index (χ1n) is 8.47. The van der Waals surface area contributed by atoms with Crippen LogP contribution in [0.4, 0.5) is 0 Å². The molecule has 1 unspecified atom stereocenters. The molecule has 1 aromatic carbocycles. The van der Waals surface area contributed by atoms with Gasteiger partial charge in [0.2, 0.25) is 5.91 Å². The standard InChI is InChI=1S/C19H21N5O2/c1-14(19(26)21-11-13-23-12-10-20-15(23)2)24-18(25)9-8-17(22-24)16-6-4-3-5-7-16/h3-10,12,14H,11,13H2,1-2H3,(H,21,26). The number of rotatable bonds is 6. The summed E-state index contributed by atoms with van der Waals surface area (Å²) in [7, 11) is 0. The number of imidazole rings is 1. The van der Waals surface area contributed by atoms with E-state index in [2.05, 4.69) is 15.4 Å². The van der Waals surface area contributed by atoms with Crippen LogP contribution in [0.5, 0.6) is 0 Å². The molecule has 26 heavy (non-hydrogen) atoms. The maximum Gasteiger partial charge on any atom is 0.267 e. The van der Waals surface area contributed by atoms with E-state index >= 15 is 0 Å². The molecule has 2 heterocycles. The van der Waals surface area contributed by atoms with Gasteiger partial charge in [0.15, 0.2) is 0 Å². The molecule has 1 N–H and O–H groups in total. The molecule has 1 amide bonds. The molecule has 3 aromatic rings. The normalized spacial score (nSPS) is 11.9. The van der Waals surface area contributed by atoms with E-state index in [1.165, 1.54) is 10.7 Å². The minimum absolute atomic E-state index is 0.248. The molecule has 7 nitrogen and oxygen atoms in total. The van der Waals surface area contributed by atoms with Gasteiger partial charge in [-0.1, -0.05) is 30.3 Å². The van der Waals surface area contributed by atoms with Crippen LogP contribution >= 0.6 is 0 Å². The molecule has 3 rings (SSSR count). The Morgan fingerprint density at radius 1 is 1.19 bits per heavy atom. The second-order valence-corrected chi connectivity index (χ2v) is 6.00. The van der Waals surface area contributed by atoms with E-state index in [1.807, 2.05) is 48.0 Å². The van der Waals surface area contributed by atoms with E-state index in [9.17, 15) is 9.59 Å². The van der Waals surface area contributed by atoms with Crippen molar-refractivity contribution in [3.8, 4) is 11.3 Å². The Morgan fingerprint density at radius 3 is 2.65 bits per heavy atom. The number of nitrogens with zero attached hydrogens (tertiary/aromatic N) is 4. The molecule has 0 aliphatic rings. The third-order valence-electron chi connectivity index (χ3n) is 4.22. The fourth-order valence-corrected chi connectivity index (χ4v) is 2.66. The Morgan fingerprint density at radius 2 is 1.96 bits per heavy atom. The maximum absolute atomic E-state index is 12.4. The third-order valence-corrected chi connectivity index (χ3v) is 4.22. The predicted molar refractivity (Wildman–Crippen MR) is 98.6 cm³/mol. The molecule has 0 saturated carbocycles. The summed E-state index contributed by atoms with van der Waals surface area (Å²) in [5.74, 6) is 0.642. The van der Waals surface area contributed by atoms with E-state index in [1.54, 1.807) is 19.2 Å². The van der Waals surface area contributed by atoms with E-state index in [-0.39, 0.29) is 11.5 Å². The van der Waals surface area contributed by atoms with E-state index in [4.69, 9.17) is 0 Å². The van der Waals surface area contributed by atoms with Crippen LogP contribution in [0, 0.1) is 6.92 Å². The minimum atomic E-state index is -0.699. The first-order valence-corrected chi connectivity index (χ1v) is 8.47. The van der Waals surface area contributed by atoms with Crippen LogP contribution in [0.25, 0.3) is 11.3 Å². The molecule has 0 fully saturated rings. The minimum Gasteiger partial charge on any atom is -0.352 e. The van der Waals surface area contributed by atoms with Gasteiger partial charge in [0, 0.05) is 37.1 Å². The van der Waals surface area contributed by atoms with Gasteiger partial charge in [-0.3, -0.25) is 9.59 Å². The largest absolute Gasteiger partial charge is 0.352 e. The lowest BCUT2D eigenvalue weighted by Gasteiger charge is -2.15. The van der Waals surface area contributed by atoms with Crippen molar-refractivity contribution in [1.82, 2.24) is 24.6 Å². The summed E-state index contributed by atoms with van der Waals surface area (Å²) in [5, 5.41) is 7.21. The zero-order valence-electron chi connectivity index (χ0n) is 14.8. The number of hydrogen-bond donors (Lipinski definition) is 1. The fourth-order valence-electron chi connectivity index (χ4n) is 2.66. The highest BCUT2D eigenvalue weighted by Crippen LogP contribution is 2.15. The highest BCUT2D eigenvalue weighted by molar-refractivity contribution is 5.79. The lowest BCUT2D eigenvalue weighted by atomic mass is 10.1. The average Bonchev–Trinajstić information content (AvgIpc) is 3.07. The summed E-state index contributed by atoms with van der Waals surface area (Å²) < 4.78 is 3.17. The molecule has 0 saturated heterocycles. The van der Waals surface area contributed by atoms with Crippen molar-refractivity contribution in [2.24, 2.45) is 0 Å². The Kier molecular flexibility index (Phi) is 5.26. The number of carbonyl (C=O) groups excluding carboxylic acids is 1. The van der Waals surface area contributed by atoms with Crippen molar-refractivity contribution < 1.29 is 4.79 Å². The number of aryl methyl sites for hydroxylation is 1. The SMILES string of the molecule is Cc1nccn1CCNC(=O)C(C)n1nc(-c2ccccc2)ccc1=O. The Labute approximate surface area is 151 Å². The van der Waals surface area contributed by atoms with Crippen LogP contribution in [0.3, 0.4) is 0 Å². The molecule has 0 spiro atoms. The Hall–Kier alpha value is -3.22. The smallest absolute Gasteiger partial charge is 0.267 e. The molecular weight excluding hydrogens is 330 g/mol. The predicted octanol–water partition coefficient (Wildman–Crippen LogP) is 1.79. The van der Waals surface area contributed by atoms with Crippen molar-refractivity contribution in [2.45, 2.75) is 26.4 Å². The van der Waals surface area contributed by atoms with Gasteiger partial charge < -0.3 is 9.88 Å². The topological polar surface area (TPSA) is 81.8 Å². The highest BCUT2D eigenvalue weighted by atomic mass is 16.2. The lowest BCUT2D eigenvalue weighted by molar-refractivity contribution is -0.124. The lowest BCUT2D eigenvalue weighted by Crippen LogP contribution is -2.38. The van der Waals surface area contributed by atoms with Crippen LogP contribution in [0.1, 0.15) is 18.8 Å². The molecule has 0 bridgehead atoms. The van der Waals surface area contributed by atoms with Crippen LogP contribution in [0.15, 0.2) is 59.7 Å². The molecular formula is C19H21N5O2. The Balaban J connectivity index is 1.70. The molecule has 0 radical (unpaired) electrons. The van der Waals surface area contributed by atoms with E-state index < -0.39 is 6.04 Å². The van der Waals surface area contributed by atoms with Crippen LogP contribution in [-0.2, 0) is 11.3 Å². The van der Waals surface area contributed by atoms with Gasteiger partial charge in [-0.05, 0) is 19.9 Å². The van der Waals surface area contributed by atoms with Gasteiger partial charge in [0.25, 0.3) is 5.56 Å². The molecule has 2 aromatic heterocycles. The Bertz CT molecular complexity index is 946. The second-order valence-electron chi connectivity index (χ2n) is 6.00. The molecule has 1 atom stereocenters. The summed E-state index contributed by atoms with van der Waals surface area (Å²) in [6, 6.07) is 12.0. The van der Waals surface area contributed by atoms with E-state index in [0.717, 1.165) is 11.4 Å². The number of benzene rings is 1. The third kappa shape index (κ3) is 3.88. The first-order chi connectivity index (χ1) is 12.6. The summed E-state index contributed by atoms with van der Waals surface area (Å²) in [6.07, 6.45) is 3.58. The van der Waals surface area contributed by atoms with Crippen LogP contribution in [0.2, 0.25) is 0 Å². The van der Waals surface area contributed by atoms with Crippen LogP contribution < -0.4 is 10.9 Å². The second kappa shape index (κ2) is 7.77. The van der Waals surface area contributed by atoms with Crippen molar-refractivity contribution >= 4 is 5.91 Å². The molecule has 0 aliphatic heterocycles. The van der Waals surface area contributed by atoms with Gasteiger partial charge in [-0.2, -0.15) is 5.10 Å². The number of nitrogens with one attached hydrogen (secondary N) is 1. The highest BCUT2D eigenvalue weighted by Gasteiger charge is 2.17. The molecule has 0 aliphatic carbocycles. The maximum atomic E-state index is 12.4. The monoisotopic (exact) mass is 351 g/mol. The van der Waals surface area contributed by atoms with Gasteiger partial charge in [-0.25, -0.2) is 9.67 Å². The fraction of sp³-hybridized carbons (Fsp3) is 0.263. The molecule has 134 valence electrons. The average molecular weight is 351 g/mol. The summed E-state index contributed by atoms with van der Waals surface area (Å²) >= 11 is 0. The number of amides is 1. The first kappa shape index (κ1) is 17.6. The van der Waals surface area contributed by atoms with Gasteiger partial charge in [0.1, 0.15) is 11.9 Å². The summed E-state index contributed by atoms with van der Waals surface area (Å²) in [5.41, 5.74) is 1.24. The van der Waals surface area contributed by atoms with Crippen molar-refractivity contribution in [1.29, 1.82) is 0 Å². The van der Waals surface area contributed by atoms with Crippen molar-refractivity contribution in [2.75, 3.05) is 6.54 Å². The summed E-state index contributed by atoms with van der Waals surface area (Å²) in [4.78, 5) is 28.7. The number of aromatic nitrogens is 4. The zero-order chi connectivity index (χ0) is 18.5. The van der Waals surface area contributed by atoms with Gasteiger partial charge in [0.05, 0.1) is 5.69 Å². The quantitative estimate of drug-likeness (QED) is 0.734. The van der Waals surface area contributed by atoms with Crippen molar-refractivity contribution in [3.63, 3.8) is 0 Å². The number of hydrogen-bond acceptors (Lipinski definition) is 4. The zero-order valence-corrected chi connectivity index (χ0v) is 14.8.